The van der Waals surface area contributed by atoms with Gasteiger partial charge in [-0.1, -0.05) is 13.2 Å². The minimum atomic E-state index is -0.434. The molecule has 2 atom stereocenters. The normalized spacial score (nSPS) is 13.2. The molecule has 0 bridgehead atoms. The van der Waals surface area contributed by atoms with E-state index in [4.69, 9.17) is 14.2 Å². The topological polar surface area (TPSA) is 61.8 Å². The molecular weight excluding hydrogens is 248 g/mol. The van der Waals surface area contributed by atoms with Crippen molar-refractivity contribution in [3.8, 4) is 0 Å². The Morgan fingerprint density at radius 2 is 1.32 bits per heavy atom. The van der Waals surface area contributed by atoms with Gasteiger partial charge in [0.2, 0.25) is 0 Å². The first kappa shape index (κ1) is 17.4. The zero-order valence-corrected chi connectivity index (χ0v) is 11.6. The number of hydrogen-bond acceptors (Lipinski definition) is 5. The van der Waals surface area contributed by atoms with Gasteiger partial charge in [-0.05, 0) is 13.8 Å². The first-order chi connectivity index (χ1) is 8.99. The molecule has 0 fully saturated rings. The Labute approximate surface area is 114 Å². The van der Waals surface area contributed by atoms with Crippen LogP contribution in [0.2, 0.25) is 0 Å². The average molecular weight is 270 g/mol. The van der Waals surface area contributed by atoms with Crippen LogP contribution < -0.4 is 0 Å². The zero-order valence-electron chi connectivity index (χ0n) is 11.6. The second-order valence-electron chi connectivity index (χ2n) is 4.08. The lowest BCUT2D eigenvalue weighted by Gasteiger charge is -2.18. The van der Waals surface area contributed by atoms with E-state index in [0.29, 0.717) is 26.1 Å². The minimum Gasteiger partial charge on any atom is -0.462 e. The molecule has 0 aromatic heterocycles. The summed E-state index contributed by atoms with van der Waals surface area (Å²) in [5.74, 6) is -0.867. The Bertz CT molecular complexity index is 281. The Hall–Kier alpha value is -1.62. The number of carbonyl (C=O) groups is 2. The number of carbonyl (C=O) groups excluding carboxylic acids is 2. The second kappa shape index (κ2) is 10.3. The largest absolute Gasteiger partial charge is 0.462 e. The fourth-order valence-corrected chi connectivity index (χ4v) is 1.30. The smallest absolute Gasteiger partial charge is 0.330 e. The number of esters is 2. The van der Waals surface area contributed by atoms with Crippen molar-refractivity contribution in [2.75, 3.05) is 13.2 Å². The minimum absolute atomic E-state index is 0.0391. The van der Waals surface area contributed by atoms with Crippen molar-refractivity contribution in [3.05, 3.63) is 25.3 Å². The van der Waals surface area contributed by atoms with Crippen LogP contribution in [0.1, 0.15) is 26.7 Å². The number of hydrogen-bond donors (Lipinski definition) is 0. The molecule has 0 aliphatic rings. The van der Waals surface area contributed by atoms with Crippen molar-refractivity contribution in [3.63, 3.8) is 0 Å². The lowest BCUT2D eigenvalue weighted by molar-refractivity contribution is -0.138. The molecule has 0 rings (SSSR count). The van der Waals surface area contributed by atoms with Crippen LogP contribution in [0.3, 0.4) is 0 Å². The maximum absolute atomic E-state index is 10.8. The summed E-state index contributed by atoms with van der Waals surface area (Å²) in [6.07, 6.45) is 3.39. The molecule has 0 aliphatic carbocycles. The molecule has 108 valence electrons. The van der Waals surface area contributed by atoms with Crippen LogP contribution in [-0.4, -0.2) is 37.4 Å². The van der Waals surface area contributed by atoms with Crippen molar-refractivity contribution in [2.24, 2.45) is 0 Å². The second-order valence-corrected chi connectivity index (χ2v) is 4.08. The van der Waals surface area contributed by atoms with Gasteiger partial charge in [0, 0.05) is 25.0 Å². The van der Waals surface area contributed by atoms with E-state index in [-0.39, 0.29) is 12.2 Å². The van der Waals surface area contributed by atoms with Gasteiger partial charge in [-0.3, -0.25) is 0 Å². The van der Waals surface area contributed by atoms with E-state index in [1.165, 1.54) is 0 Å². The van der Waals surface area contributed by atoms with Crippen LogP contribution in [0.15, 0.2) is 25.3 Å². The van der Waals surface area contributed by atoms with Crippen LogP contribution in [-0.2, 0) is 23.8 Å². The van der Waals surface area contributed by atoms with Gasteiger partial charge in [0.05, 0.1) is 25.4 Å². The summed E-state index contributed by atoms with van der Waals surface area (Å²) in [7, 11) is 0. The fraction of sp³-hybridized carbons (Fsp3) is 0.571. The predicted molar refractivity (Wildman–Crippen MR) is 71.6 cm³/mol. The van der Waals surface area contributed by atoms with E-state index in [1.54, 1.807) is 0 Å². The summed E-state index contributed by atoms with van der Waals surface area (Å²) >= 11 is 0. The molecule has 0 saturated carbocycles. The maximum Gasteiger partial charge on any atom is 0.330 e. The SMILES string of the molecule is C=CC(=O)OCCC(C)OC(C)CCOC(=O)C=C. The average Bonchev–Trinajstić information content (AvgIpc) is 2.37. The van der Waals surface area contributed by atoms with Gasteiger partial charge in [-0.15, -0.1) is 0 Å². The molecule has 0 amide bonds. The van der Waals surface area contributed by atoms with Crippen LogP contribution in [0, 0.1) is 0 Å². The Kier molecular flexibility index (Phi) is 9.44. The van der Waals surface area contributed by atoms with Gasteiger partial charge in [-0.2, -0.15) is 0 Å². The molecule has 0 aromatic carbocycles. The highest BCUT2D eigenvalue weighted by Crippen LogP contribution is 2.06. The summed E-state index contributed by atoms with van der Waals surface area (Å²) in [5, 5.41) is 0. The van der Waals surface area contributed by atoms with Crippen LogP contribution in [0.5, 0.6) is 0 Å². The molecule has 0 heterocycles. The maximum atomic E-state index is 10.8. The molecular formula is C14H22O5. The van der Waals surface area contributed by atoms with Crippen LogP contribution in [0.4, 0.5) is 0 Å². The summed E-state index contributed by atoms with van der Waals surface area (Å²) in [5.41, 5.74) is 0. The number of rotatable bonds is 10. The van der Waals surface area contributed by atoms with Gasteiger partial charge < -0.3 is 14.2 Å². The highest BCUT2D eigenvalue weighted by Gasteiger charge is 2.10. The molecule has 2 unspecified atom stereocenters. The Balaban J connectivity index is 3.65. The highest BCUT2D eigenvalue weighted by molar-refractivity contribution is 5.81. The monoisotopic (exact) mass is 270 g/mol. The third kappa shape index (κ3) is 10.0. The van der Waals surface area contributed by atoms with E-state index >= 15 is 0 Å². The van der Waals surface area contributed by atoms with Crippen molar-refractivity contribution in [2.45, 2.75) is 38.9 Å². The molecule has 0 aliphatic heterocycles. The van der Waals surface area contributed by atoms with Gasteiger partial charge >= 0.3 is 11.9 Å². The van der Waals surface area contributed by atoms with Gasteiger partial charge in [0.1, 0.15) is 0 Å². The highest BCUT2D eigenvalue weighted by atomic mass is 16.5. The molecule has 5 nitrogen and oxygen atoms in total. The van der Waals surface area contributed by atoms with Crippen LogP contribution in [0.25, 0.3) is 0 Å². The van der Waals surface area contributed by atoms with Crippen molar-refractivity contribution >= 4 is 11.9 Å². The van der Waals surface area contributed by atoms with Crippen LogP contribution >= 0.6 is 0 Å². The van der Waals surface area contributed by atoms with E-state index in [0.717, 1.165) is 12.2 Å². The standard InChI is InChI=1S/C14H22O5/c1-5-13(15)17-9-7-11(3)19-12(4)8-10-18-14(16)6-2/h5-6,11-12H,1-2,7-10H2,3-4H3. The van der Waals surface area contributed by atoms with Crippen molar-refractivity contribution < 1.29 is 23.8 Å². The van der Waals surface area contributed by atoms with E-state index in [2.05, 4.69) is 13.2 Å². The van der Waals surface area contributed by atoms with Crippen molar-refractivity contribution in [1.82, 2.24) is 0 Å². The van der Waals surface area contributed by atoms with E-state index in [1.807, 2.05) is 13.8 Å². The third-order valence-corrected chi connectivity index (χ3v) is 2.34. The van der Waals surface area contributed by atoms with E-state index < -0.39 is 11.9 Å². The summed E-state index contributed by atoms with van der Waals surface area (Å²) < 4.78 is 15.4. The molecule has 5 heteroatoms. The summed E-state index contributed by atoms with van der Waals surface area (Å²) in [6.45, 7) is 11.0. The fourth-order valence-electron chi connectivity index (χ4n) is 1.30. The summed E-state index contributed by atoms with van der Waals surface area (Å²) in [6, 6.07) is 0. The Morgan fingerprint density at radius 1 is 0.947 bits per heavy atom. The molecule has 0 radical (unpaired) electrons. The van der Waals surface area contributed by atoms with Crippen molar-refractivity contribution in [1.29, 1.82) is 0 Å². The molecule has 0 aromatic rings. The van der Waals surface area contributed by atoms with Gasteiger partial charge in [-0.25, -0.2) is 9.59 Å². The molecule has 0 spiro atoms. The van der Waals surface area contributed by atoms with Gasteiger partial charge in [0.25, 0.3) is 0 Å². The zero-order chi connectivity index (χ0) is 14.7. The third-order valence-electron chi connectivity index (χ3n) is 2.34. The lowest BCUT2D eigenvalue weighted by Crippen LogP contribution is -2.21. The number of ether oxygens (including phenoxy) is 3. The quantitative estimate of drug-likeness (QED) is 0.449. The molecule has 0 saturated heterocycles. The molecule has 0 N–H and O–H groups in total. The predicted octanol–water partition coefficient (Wildman–Crippen LogP) is 2.02. The first-order valence-corrected chi connectivity index (χ1v) is 6.23. The summed E-state index contributed by atoms with van der Waals surface area (Å²) in [4.78, 5) is 21.6. The molecule has 19 heavy (non-hydrogen) atoms. The first-order valence-electron chi connectivity index (χ1n) is 6.23. The lowest BCUT2D eigenvalue weighted by atomic mass is 10.2. The Morgan fingerprint density at radius 3 is 1.63 bits per heavy atom. The van der Waals surface area contributed by atoms with E-state index in [9.17, 15) is 9.59 Å². The van der Waals surface area contributed by atoms with Gasteiger partial charge in [0.15, 0.2) is 0 Å².